The first-order valence-electron chi connectivity index (χ1n) is 10.5. The van der Waals surface area contributed by atoms with Crippen molar-refractivity contribution in [2.75, 3.05) is 44.6 Å². The van der Waals surface area contributed by atoms with Crippen molar-refractivity contribution in [3.8, 4) is 5.75 Å². The smallest absolute Gasteiger partial charge is 0.264 e. The number of unbranched alkanes of at least 4 members (excludes halogenated alkanes) is 1. The molecule has 0 heterocycles. The summed E-state index contributed by atoms with van der Waals surface area (Å²) >= 11 is 0. The molecule has 0 aliphatic rings. The number of anilines is 1. The SMILES string of the molecule is CC(=N)NCCCCOc1cc(C)ccc1N(CCN(C)C)S(=O)(=O)c1ccccc1.Cl.Cl. The van der Waals surface area contributed by atoms with Gasteiger partial charge >= 0.3 is 0 Å². The van der Waals surface area contributed by atoms with Crippen LogP contribution in [0.5, 0.6) is 5.75 Å². The van der Waals surface area contributed by atoms with Crippen molar-refractivity contribution in [1.82, 2.24) is 10.2 Å². The monoisotopic (exact) mass is 518 g/mol. The Morgan fingerprint density at radius 2 is 1.70 bits per heavy atom. The van der Waals surface area contributed by atoms with Crippen LogP contribution in [0.25, 0.3) is 0 Å². The van der Waals surface area contributed by atoms with Gasteiger partial charge in [0.25, 0.3) is 10.0 Å². The van der Waals surface area contributed by atoms with E-state index in [-0.39, 0.29) is 29.7 Å². The third-order valence-corrected chi connectivity index (χ3v) is 6.51. The summed E-state index contributed by atoms with van der Waals surface area (Å²) in [5.74, 6) is 1.01. The molecule has 0 amide bonds. The first kappa shape index (κ1) is 31.0. The summed E-state index contributed by atoms with van der Waals surface area (Å²) in [6.45, 7) is 5.76. The average molecular weight is 520 g/mol. The second-order valence-corrected chi connectivity index (χ2v) is 9.63. The maximum absolute atomic E-state index is 13.5. The molecule has 2 rings (SSSR count). The number of nitrogens with zero attached hydrogens (tertiary/aromatic N) is 2. The summed E-state index contributed by atoms with van der Waals surface area (Å²) in [5.41, 5.74) is 1.55. The highest BCUT2D eigenvalue weighted by atomic mass is 35.5. The van der Waals surface area contributed by atoms with Crippen LogP contribution in [0.2, 0.25) is 0 Å². The number of likely N-dealkylation sites (N-methyl/N-ethyl adjacent to an activating group) is 1. The molecule has 0 unspecified atom stereocenters. The molecular formula is C23H36Cl2N4O3S. The molecule has 186 valence electrons. The Labute approximate surface area is 210 Å². The largest absolute Gasteiger partial charge is 0.491 e. The van der Waals surface area contributed by atoms with Gasteiger partial charge in [0.2, 0.25) is 0 Å². The van der Waals surface area contributed by atoms with E-state index in [0.29, 0.717) is 37.0 Å². The fourth-order valence-electron chi connectivity index (χ4n) is 3.01. The van der Waals surface area contributed by atoms with E-state index in [0.717, 1.165) is 24.9 Å². The van der Waals surface area contributed by atoms with E-state index < -0.39 is 10.0 Å². The Kier molecular flexibility index (Phi) is 14.1. The van der Waals surface area contributed by atoms with Crippen LogP contribution in [0, 0.1) is 12.3 Å². The molecule has 33 heavy (non-hydrogen) atoms. The normalized spacial score (nSPS) is 10.7. The summed E-state index contributed by atoms with van der Waals surface area (Å²) in [5, 5.41) is 10.4. The van der Waals surface area contributed by atoms with E-state index in [9.17, 15) is 8.42 Å². The Balaban J connectivity index is 0.00000512. The number of hydrogen-bond acceptors (Lipinski definition) is 5. The zero-order chi connectivity index (χ0) is 22.9. The average Bonchev–Trinajstić information content (AvgIpc) is 2.72. The van der Waals surface area contributed by atoms with Crippen LogP contribution in [-0.4, -0.2) is 59.5 Å². The van der Waals surface area contributed by atoms with Crippen LogP contribution in [-0.2, 0) is 10.0 Å². The van der Waals surface area contributed by atoms with Crippen molar-refractivity contribution in [2.45, 2.75) is 31.6 Å². The predicted octanol–water partition coefficient (Wildman–Crippen LogP) is 4.34. The van der Waals surface area contributed by atoms with Gasteiger partial charge in [0, 0.05) is 19.6 Å². The van der Waals surface area contributed by atoms with E-state index in [4.69, 9.17) is 10.1 Å². The maximum Gasteiger partial charge on any atom is 0.264 e. The first-order chi connectivity index (χ1) is 14.7. The highest BCUT2D eigenvalue weighted by molar-refractivity contribution is 7.92. The van der Waals surface area contributed by atoms with Crippen LogP contribution < -0.4 is 14.4 Å². The van der Waals surface area contributed by atoms with Crippen LogP contribution >= 0.6 is 24.8 Å². The van der Waals surface area contributed by atoms with Crippen molar-refractivity contribution in [1.29, 1.82) is 5.41 Å². The second kappa shape index (κ2) is 15.0. The summed E-state index contributed by atoms with van der Waals surface area (Å²) in [4.78, 5) is 2.22. The molecule has 0 radical (unpaired) electrons. The number of ether oxygens (including phenoxy) is 1. The van der Waals surface area contributed by atoms with Crippen molar-refractivity contribution in [3.63, 3.8) is 0 Å². The highest BCUT2D eigenvalue weighted by Crippen LogP contribution is 2.33. The van der Waals surface area contributed by atoms with E-state index in [1.54, 1.807) is 37.3 Å². The number of nitrogens with one attached hydrogen (secondary N) is 2. The van der Waals surface area contributed by atoms with Gasteiger partial charge < -0.3 is 15.0 Å². The Morgan fingerprint density at radius 3 is 2.30 bits per heavy atom. The van der Waals surface area contributed by atoms with Crippen LogP contribution in [0.4, 0.5) is 5.69 Å². The molecule has 2 aromatic carbocycles. The molecule has 0 aliphatic heterocycles. The lowest BCUT2D eigenvalue weighted by atomic mass is 10.2. The fraction of sp³-hybridized carbons (Fsp3) is 0.435. The number of aryl methyl sites for hydroxylation is 1. The summed E-state index contributed by atoms with van der Waals surface area (Å²) < 4.78 is 34.5. The van der Waals surface area contributed by atoms with E-state index >= 15 is 0 Å². The lowest BCUT2D eigenvalue weighted by Crippen LogP contribution is -2.37. The molecule has 2 N–H and O–H groups in total. The molecule has 0 aromatic heterocycles. The van der Waals surface area contributed by atoms with Gasteiger partial charge in [0.1, 0.15) is 5.75 Å². The molecule has 0 aliphatic carbocycles. The molecule has 7 nitrogen and oxygen atoms in total. The lowest BCUT2D eigenvalue weighted by Gasteiger charge is -2.28. The van der Waals surface area contributed by atoms with Crippen molar-refractivity contribution < 1.29 is 13.2 Å². The predicted molar refractivity (Wildman–Crippen MR) is 141 cm³/mol. The number of hydrogen-bond donors (Lipinski definition) is 2. The van der Waals surface area contributed by atoms with Gasteiger partial charge in [-0.05, 0) is 70.6 Å². The molecule has 0 spiro atoms. The van der Waals surface area contributed by atoms with Crippen LogP contribution in [0.1, 0.15) is 25.3 Å². The Morgan fingerprint density at radius 1 is 1.03 bits per heavy atom. The molecule has 0 fully saturated rings. The third-order valence-electron chi connectivity index (χ3n) is 4.68. The van der Waals surface area contributed by atoms with Crippen LogP contribution in [0.15, 0.2) is 53.4 Å². The first-order valence-corrected chi connectivity index (χ1v) is 11.9. The summed E-state index contributed by atoms with van der Waals surface area (Å²) in [6, 6.07) is 14.1. The fourth-order valence-corrected chi connectivity index (χ4v) is 4.50. The topological polar surface area (TPSA) is 85.7 Å². The van der Waals surface area contributed by atoms with E-state index in [1.165, 1.54) is 4.31 Å². The standard InChI is InChI=1S/C23H34N4O3S.2ClH/c1-19-12-13-22(23(18-19)30-17-9-8-14-25-20(2)24)27(16-15-26(3)4)31(28,29)21-10-6-5-7-11-21;;/h5-7,10-13,18H,8-9,14-17H2,1-4H3,(H2,24,25);2*1H. The van der Waals surface area contributed by atoms with Crippen molar-refractivity contribution >= 4 is 46.4 Å². The minimum Gasteiger partial charge on any atom is -0.491 e. The van der Waals surface area contributed by atoms with Gasteiger partial charge in [0.05, 0.1) is 23.0 Å². The Hall–Kier alpha value is -2.00. The molecule has 0 saturated carbocycles. The number of halogens is 2. The molecule has 2 aromatic rings. The lowest BCUT2D eigenvalue weighted by molar-refractivity contribution is 0.307. The van der Waals surface area contributed by atoms with Gasteiger partial charge in [-0.15, -0.1) is 24.8 Å². The minimum absolute atomic E-state index is 0. The maximum atomic E-state index is 13.5. The number of rotatable bonds is 12. The number of amidine groups is 1. The van der Waals surface area contributed by atoms with E-state index in [2.05, 4.69) is 5.32 Å². The quantitative estimate of drug-likeness (QED) is 0.248. The van der Waals surface area contributed by atoms with Gasteiger partial charge in [-0.1, -0.05) is 24.3 Å². The third kappa shape index (κ3) is 9.80. The van der Waals surface area contributed by atoms with Crippen molar-refractivity contribution in [3.05, 3.63) is 54.1 Å². The second-order valence-electron chi connectivity index (χ2n) is 7.77. The summed E-state index contributed by atoms with van der Waals surface area (Å²) in [7, 11) is 0.100. The Bertz CT molecular complexity index is 957. The molecule has 0 atom stereocenters. The molecule has 10 heteroatoms. The number of sulfonamides is 1. The molecular weight excluding hydrogens is 483 g/mol. The van der Waals surface area contributed by atoms with Gasteiger partial charge in [0.15, 0.2) is 0 Å². The summed E-state index contributed by atoms with van der Waals surface area (Å²) in [6.07, 6.45) is 1.67. The number of benzene rings is 2. The van der Waals surface area contributed by atoms with Gasteiger partial charge in [-0.2, -0.15) is 0 Å². The highest BCUT2D eigenvalue weighted by Gasteiger charge is 2.27. The van der Waals surface area contributed by atoms with Crippen LogP contribution in [0.3, 0.4) is 0 Å². The zero-order valence-electron chi connectivity index (χ0n) is 19.7. The molecule has 0 bridgehead atoms. The van der Waals surface area contributed by atoms with E-state index in [1.807, 2.05) is 44.1 Å². The van der Waals surface area contributed by atoms with Gasteiger partial charge in [-0.3, -0.25) is 9.71 Å². The van der Waals surface area contributed by atoms with Crippen molar-refractivity contribution in [2.24, 2.45) is 0 Å². The zero-order valence-corrected chi connectivity index (χ0v) is 22.2. The van der Waals surface area contributed by atoms with Gasteiger partial charge in [-0.25, -0.2) is 8.42 Å². The minimum atomic E-state index is -3.74. The molecule has 0 saturated heterocycles.